The monoisotopic (exact) mass is 235 g/mol. The lowest BCUT2D eigenvalue weighted by Crippen LogP contribution is -2.09. The standard InChI is InChI=1S/C15H25NO/c1-4-5-6-7-10-17-15-9-8-12(2)11-14(15)13(3)16/h8-9,11,13H,4-7,10,16H2,1-3H3/t13-/m0/s1. The average molecular weight is 235 g/mol. The van der Waals surface area contributed by atoms with Crippen LogP contribution in [-0.2, 0) is 0 Å². The first-order valence-corrected chi connectivity index (χ1v) is 6.64. The van der Waals surface area contributed by atoms with Crippen LogP contribution >= 0.6 is 0 Å². The molecular formula is C15H25NO. The molecule has 0 amide bonds. The van der Waals surface area contributed by atoms with Crippen molar-refractivity contribution in [2.24, 2.45) is 5.73 Å². The van der Waals surface area contributed by atoms with Crippen LogP contribution in [0, 0.1) is 6.92 Å². The molecule has 0 aromatic heterocycles. The molecule has 1 aromatic carbocycles. The van der Waals surface area contributed by atoms with Gasteiger partial charge in [0.05, 0.1) is 6.61 Å². The summed E-state index contributed by atoms with van der Waals surface area (Å²) in [6.45, 7) is 7.09. The summed E-state index contributed by atoms with van der Waals surface area (Å²) in [5.74, 6) is 0.946. The van der Waals surface area contributed by atoms with E-state index in [0.717, 1.165) is 24.3 Å². The smallest absolute Gasteiger partial charge is 0.124 e. The van der Waals surface area contributed by atoms with E-state index in [1.807, 2.05) is 13.0 Å². The van der Waals surface area contributed by atoms with Gasteiger partial charge in [-0.1, -0.05) is 43.9 Å². The molecule has 2 nitrogen and oxygen atoms in total. The van der Waals surface area contributed by atoms with Gasteiger partial charge in [-0.3, -0.25) is 0 Å². The van der Waals surface area contributed by atoms with Crippen LogP contribution in [0.25, 0.3) is 0 Å². The summed E-state index contributed by atoms with van der Waals surface area (Å²) >= 11 is 0. The van der Waals surface area contributed by atoms with E-state index in [0.29, 0.717) is 0 Å². The van der Waals surface area contributed by atoms with Gasteiger partial charge in [-0.25, -0.2) is 0 Å². The van der Waals surface area contributed by atoms with E-state index in [9.17, 15) is 0 Å². The third kappa shape index (κ3) is 4.78. The predicted molar refractivity (Wildman–Crippen MR) is 73.4 cm³/mol. The third-order valence-corrected chi connectivity index (χ3v) is 2.91. The summed E-state index contributed by atoms with van der Waals surface area (Å²) in [6, 6.07) is 6.26. The van der Waals surface area contributed by atoms with Gasteiger partial charge in [0, 0.05) is 11.6 Å². The summed E-state index contributed by atoms with van der Waals surface area (Å²) in [4.78, 5) is 0. The minimum atomic E-state index is 0.0283. The molecule has 2 N–H and O–H groups in total. The fourth-order valence-electron chi connectivity index (χ4n) is 1.87. The van der Waals surface area contributed by atoms with Gasteiger partial charge in [-0.15, -0.1) is 0 Å². The van der Waals surface area contributed by atoms with Crippen LogP contribution in [0.4, 0.5) is 0 Å². The lowest BCUT2D eigenvalue weighted by Gasteiger charge is -2.14. The molecule has 2 heteroatoms. The van der Waals surface area contributed by atoms with Crippen LogP contribution in [0.1, 0.15) is 56.7 Å². The zero-order valence-electron chi connectivity index (χ0n) is 11.3. The van der Waals surface area contributed by atoms with Gasteiger partial charge in [0.1, 0.15) is 5.75 Å². The number of benzene rings is 1. The molecule has 0 fully saturated rings. The molecule has 1 atom stereocenters. The Labute approximate surface area is 105 Å². The Morgan fingerprint density at radius 2 is 2.00 bits per heavy atom. The van der Waals surface area contributed by atoms with Crippen LogP contribution in [-0.4, -0.2) is 6.61 Å². The maximum atomic E-state index is 5.96. The highest BCUT2D eigenvalue weighted by molar-refractivity contribution is 5.38. The van der Waals surface area contributed by atoms with Crippen LogP contribution in [0.15, 0.2) is 18.2 Å². The van der Waals surface area contributed by atoms with Gasteiger partial charge in [0.2, 0.25) is 0 Å². The molecule has 0 aliphatic rings. The largest absolute Gasteiger partial charge is 0.493 e. The molecule has 0 heterocycles. The van der Waals surface area contributed by atoms with Crippen LogP contribution in [0.3, 0.4) is 0 Å². The number of unbranched alkanes of at least 4 members (excludes halogenated alkanes) is 3. The quantitative estimate of drug-likeness (QED) is 0.726. The molecule has 0 aliphatic carbocycles. The molecule has 0 radical (unpaired) electrons. The first-order valence-electron chi connectivity index (χ1n) is 6.64. The van der Waals surface area contributed by atoms with Gasteiger partial charge in [0.15, 0.2) is 0 Å². The molecule has 17 heavy (non-hydrogen) atoms. The number of ether oxygens (including phenoxy) is 1. The van der Waals surface area contributed by atoms with Gasteiger partial charge in [-0.2, -0.15) is 0 Å². The highest BCUT2D eigenvalue weighted by atomic mass is 16.5. The Balaban J connectivity index is 2.52. The molecular weight excluding hydrogens is 210 g/mol. The molecule has 1 aromatic rings. The first kappa shape index (κ1) is 14.0. The van der Waals surface area contributed by atoms with Crippen molar-refractivity contribution in [3.8, 4) is 5.75 Å². The molecule has 0 saturated heterocycles. The van der Waals surface area contributed by atoms with E-state index in [2.05, 4.69) is 26.0 Å². The number of hydrogen-bond donors (Lipinski definition) is 1. The Morgan fingerprint density at radius 1 is 1.24 bits per heavy atom. The number of rotatable bonds is 7. The molecule has 0 unspecified atom stereocenters. The van der Waals surface area contributed by atoms with E-state index in [4.69, 9.17) is 10.5 Å². The second-order valence-corrected chi connectivity index (χ2v) is 4.74. The van der Waals surface area contributed by atoms with Gasteiger partial charge in [0.25, 0.3) is 0 Å². The molecule has 0 spiro atoms. The van der Waals surface area contributed by atoms with Crippen molar-refractivity contribution in [1.29, 1.82) is 0 Å². The average Bonchev–Trinajstić information content (AvgIpc) is 2.30. The Morgan fingerprint density at radius 3 is 2.65 bits per heavy atom. The minimum absolute atomic E-state index is 0.0283. The van der Waals surface area contributed by atoms with Crippen molar-refractivity contribution in [3.05, 3.63) is 29.3 Å². The van der Waals surface area contributed by atoms with Gasteiger partial charge < -0.3 is 10.5 Å². The molecule has 1 rings (SSSR count). The highest BCUT2D eigenvalue weighted by Gasteiger charge is 2.08. The van der Waals surface area contributed by atoms with Crippen molar-refractivity contribution in [2.75, 3.05) is 6.61 Å². The second kappa shape index (κ2) is 7.33. The Kier molecular flexibility index (Phi) is 6.06. The van der Waals surface area contributed by atoms with E-state index >= 15 is 0 Å². The zero-order chi connectivity index (χ0) is 12.7. The molecule has 0 saturated carbocycles. The van der Waals surface area contributed by atoms with E-state index < -0.39 is 0 Å². The topological polar surface area (TPSA) is 35.2 Å². The van der Waals surface area contributed by atoms with Crippen LogP contribution < -0.4 is 10.5 Å². The molecule has 0 aliphatic heterocycles. The van der Waals surface area contributed by atoms with Crippen molar-refractivity contribution in [2.45, 2.75) is 52.5 Å². The molecule has 96 valence electrons. The highest BCUT2D eigenvalue weighted by Crippen LogP contribution is 2.25. The summed E-state index contributed by atoms with van der Waals surface area (Å²) in [5.41, 5.74) is 8.30. The van der Waals surface area contributed by atoms with Crippen LogP contribution in [0.2, 0.25) is 0 Å². The fourth-order valence-corrected chi connectivity index (χ4v) is 1.87. The zero-order valence-corrected chi connectivity index (χ0v) is 11.3. The lowest BCUT2D eigenvalue weighted by atomic mass is 10.1. The number of aryl methyl sites for hydroxylation is 1. The van der Waals surface area contributed by atoms with Crippen molar-refractivity contribution >= 4 is 0 Å². The first-order chi connectivity index (χ1) is 8.15. The Hall–Kier alpha value is -1.02. The third-order valence-electron chi connectivity index (χ3n) is 2.91. The fraction of sp³-hybridized carbons (Fsp3) is 0.600. The van der Waals surface area contributed by atoms with Gasteiger partial charge in [-0.05, 0) is 26.3 Å². The van der Waals surface area contributed by atoms with Crippen molar-refractivity contribution in [1.82, 2.24) is 0 Å². The Bertz CT molecular complexity index is 334. The lowest BCUT2D eigenvalue weighted by molar-refractivity contribution is 0.300. The minimum Gasteiger partial charge on any atom is -0.493 e. The maximum Gasteiger partial charge on any atom is 0.124 e. The van der Waals surface area contributed by atoms with E-state index in [1.165, 1.54) is 24.8 Å². The van der Waals surface area contributed by atoms with Crippen molar-refractivity contribution in [3.63, 3.8) is 0 Å². The van der Waals surface area contributed by atoms with Crippen LogP contribution in [0.5, 0.6) is 5.75 Å². The summed E-state index contributed by atoms with van der Waals surface area (Å²) in [7, 11) is 0. The number of nitrogens with two attached hydrogens (primary N) is 1. The summed E-state index contributed by atoms with van der Waals surface area (Å²) in [5, 5.41) is 0. The normalized spacial score (nSPS) is 12.5. The number of hydrogen-bond acceptors (Lipinski definition) is 2. The van der Waals surface area contributed by atoms with Crippen molar-refractivity contribution < 1.29 is 4.74 Å². The predicted octanol–water partition coefficient (Wildman–Crippen LogP) is 3.97. The van der Waals surface area contributed by atoms with E-state index in [1.54, 1.807) is 0 Å². The van der Waals surface area contributed by atoms with Gasteiger partial charge >= 0.3 is 0 Å². The second-order valence-electron chi connectivity index (χ2n) is 4.74. The molecule has 0 bridgehead atoms. The van der Waals surface area contributed by atoms with E-state index in [-0.39, 0.29) is 6.04 Å². The summed E-state index contributed by atoms with van der Waals surface area (Å²) < 4.78 is 5.82. The maximum absolute atomic E-state index is 5.96. The SMILES string of the molecule is CCCCCCOc1ccc(C)cc1[C@H](C)N. The summed E-state index contributed by atoms with van der Waals surface area (Å²) in [6.07, 6.45) is 4.92.